The molecule has 0 spiro atoms. The molecule has 1 saturated heterocycles. The van der Waals surface area contributed by atoms with E-state index in [2.05, 4.69) is 5.32 Å². The van der Waals surface area contributed by atoms with E-state index < -0.39 is 0 Å². The van der Waals surface area contributed by atoms with Crippen LogP contribution in [0.5, 0.6) is 11.5 Å². The van der Waals surface area contributed by atoms with Crippen LogP contribution in [-0.2, 0) is 14.3 Å². The molecule has 0 unspecified atom stereocenters. The number of ether oxygens (including phenoxy) is 3. The number of nitrogens with zero attached hydrogens (tertiary/aromatic N) is 1. The summed E-state index contributed by atoms with van der Waals surface area (Å²) in [6, 6.07) is 5.27. The van der Waals surface area contributed by atoms with Gasteiger partial charge in [0.15, 0.2) is 0 Å². The van der Waals surface area contributed by atoms with Crippen LogP contribution >= 0.6 is 0 Å². The predicted molar refractivity (Wildman–Crippen MR) is 98.7 cm³/mol. The van der Waals surface area contributed by atoms with Gasteiger partial charge in [-0.3, -0.25) is 9.59 Å². The highest BCUT2D eigenvalue weighted by Crippen LogP contribution is 2.36. The van der Waals surface area contributed by atoms with Crippen molar-refractivity contribution in [3.05, 3.63) is 18.2 Å². The Balaban J connectivity index is 1.95. The summed E-state index contributed by atoms with van der Waals surface area (Å²) in [5.74, 6) is 0.634. The van der Waals surface area contributed by atoms with Gasteiger partial charge in [-0.05, 0) is 32.4 Å². The van der Waals surface area contributed by atoms with Gasteiger partial charge in [-0.1, -0.05) is 0 Å². The largest absolute Gasteiger partial charge is 0.497 e. The summed E-state index contributed by atoms with van der Waals surface area (Å²) in [7, 11) is 3.12. The molecule has 0 bridgehead atoms. The first-order valence-corrected chi connectivity index (χ1v) is 8.88. The van der Waals surface area contributed by atoms with Gasteiger partial charge >= 0.3 is 0 Å². The fourth-order valence-corrected chi connectivity index (χ4v) is 2.87. The van der Waals surface area contributed by atoms with Crippen LogP contribution in [0.3, 0.4) is 0 Å². The molecule has 26 heavy (non-hydrogen) atoms. The van der Waals surface area contributed by atoms with E-state index in [0.29, 0.717) is 36.9 Å². The molecule has 2 rings (SSSR count). The van der Waals surface area contributed by atoms with Crippen LogP contribution in [0.25, 0.3) is 0 Å². The van der Waals surface area contributed by atoms with E-state index in [0.717, 1.165) is 6.42 Å². The average molecular weight is 364 g/mol. The van der Waals surface area contributed by atoms with Crippen LogP contribution in [0, 0.1) is 5.92 Å². The third-order valence-corrected chi connectivity index (χ3v) is 4.24. The topological polar surface area (TPSA) is 77.1 Å². The van der Waals surface area contributed by atoms with Gasteiger partial charge in [-0.15, -0.1) is 0 Å². The Morgan fingerprint density at radius 2 is 2.08 bits per heavy atom. The van der Waals surface area contributed by atoms with Crippen LogP contribution in [0.2, 0.25) is 0 Å². The van der Waals surface area contributed by atoms with E-state index in [1.54, 1.807) is 37.3 Å². The highest BCUT2D eigenvalue weighted by atomic mass is 16.5. The molecule has 1 fully saturated rings. The van der Waals surface area contributed by atoms with Gasteiger partial charge in [0.2, 0.25) is 11.8 Å². The Kier molecular flexibility index (Phi) is 7.26. The number of methoxy groups -OCH3 is 2. The minimum absolute atomic E-state index is 0.0974. The van der Waals surface area contributed by atoms with Crippen molar-refractivity contribution in [3.8, 4) is 11.5 Å². The number of hydrogen-bond donors (Lipinski definition) is 1. The molecule has 0 aliphatic carbocycles. The Labute approximate surface area is 154 Å². The summed E-state index contributed by atoms with van der Waals surface area (Å²) >= 11 is 0. The third kappa shape index (κ3) is 5.11. The standard InChI is InChI=1S/C19H28N2O5/c1-13(2)26-9-5-8-20-19(23)14-10-18(22)21(12-14)16-11-15(24-3)6-7-17(16)25-4/h6-7,11,13-14H,5,8-10,12H2,1-4H3,(H,20,23)/t14-/m1/s1. The van der Waals surface area contributed by atoms with Crippen molar-refractivity contribution in [1.82, 2.24) is 5.32 Å². The molecule has 0 radical (unpaired) electrons. The van der Waals surface area contributed by atoms with Crippen LogP contribution in [-0.4, -0.2) is 51.8 Å². The maximum absolute atomic E-state index is 12.4. The Morgan fingerprint density at radius 3 is 2.73 bits per heavy atom. The molecular weight excluding hydrogens is 336 g/mol. The van der Waals surface area contributed by atoms with E-state index in [1.165, 1.54) is 0 Å². The minimum Gasteiger partial charge on any atom is -0.497 e. The molecule has 1 aliphatic rings. The van der Waals surface area contributed by atoms with Crippen LogP contribution in [0.15, 0.2) is 18.2 Å². The summed E-state index contributed by atoms with van der Waals surface area (Å²) in [6.07, 6.45) is 1.12. The van der Waals surface area contributed by atoms with Gasteiger partial charge < -0.3 is 24.4 Å². The van der Waals surface area contributed by atoms with Crippen molar-refractivity contribution >= 4 is 17.5 Å². The Hall–Kier alpha value is -2.28. The smallest absolute Gasteiger partial charge is 0.227 e. The zero-order valence-electron chi connectivity index (χ0n) is 15.9. The second-order valence-corrected chi connectivity index (χ2v) is 6.51. The van der Waals surface area contributed by atoms with Gasteiger partial charge in [0, 0.05) is 32.2 Å². The van der Waals surface area contributed by atoms with Crippen molar-refractivity contribution < 1.29 is 23.8 Å². The molecule has 1 aliphatic heterocycles. The van der Waals surface area contributed by atoms with Gasteiger partial charge in [0.25, 0.3) is 0 Å². The minimum atomic E-state index is -0.371. The van der Waals surface area contributed by atoms with Gasteiger partial charge in [-0.25, -0.2) is 0 Å². The quantitative estimate of drug-likeness (QED) is 0.678. The van der Waals surface area contributed by atoms with Gasteiger partial charge in [-0.2, -0.15) is 0 Å². The molecule has 2 amide bonds. The van der Waals surface area contributed by atoms with E-state index >= 15 is 0 Å². The number of benzene rings is 1. The second-order valence-electron chi connectivity index (χ2n) is 6.51. The summed E-state index contributed by atoms with van der Waals surface area (Å²) in [6.45, 7) is 5.43. The molecule has 1 atom stereocenters. The molecule has 7 heteroatoms. The van der Waals surface area contributed by atoms with Gasteiger partial charge in [0.05, 0.1) is 31.9 Å². The second kappa shape index (κ2) is 9.43. The first-order valence-electron chi connectivity index (χ1n) is 8.88. The predicted octanol–water partition coefficient (Wildman–Crippen LogP) is 1.99. The lowest BCUT2D eigenvalue weighted by molar-refractivity contribution is -0.126. The van der Waals surface area contributed by atoms with Crippen LogP contribution < -0.4 is 19.7 Å². The normalized spacial score (nSPS) is 16.9. The molecule has 7 nitrogen and oxygen atoms in total. The Morgan fingerprint density at radius 1 is 1.31 bits per heavy atom. The average Bonchev–Trinajstić information content (AvgIpc) is 3.02. The number of carbonyl (C=O) groups is 2. The summed E-state index contributed by atoms with van der Waals surface area (Å²) < 4.78 is 16.0. The SMILES string of the molecule is COc1ccc(OC)c(N2C[C@H](C(=O)NCCCOC(C)C)CC2=O)c1. The lowest BCUT2D eigenvalue weighted by atomic mass is 10.1. The monoisotopic (exact) mass is 364 g/mol. The number of amides is 2. The van der Waals surface area contributed by atoms with Crippen LogP contribution in [0.4, 0.5) is 5.69 Å². The van der Waals surface area contributed by atoms with E-state index in [4.69, 9.17) is 14.2 Å². The fraction of sp³-hybridized carbons (Fsp3) is 0.579. The maximum atomic E-state index is 12.4. The first kappa shape index (κ1) is 20.0. The summed E-state index contributed by atoms with van der Waals surface area (Å²) in [5, 5.41) is 2.89. The Bertz CT molecular complexity index is 632. The molecule has 0 saturated carbocycles. The van der Waals surface area contributed by atoms with E-state index in [9.17, 15) is 9.59 Å². The zero-order chi connectivity index (χ0) is 19.1. The summed E-state index contributed by atoms with van der Waals surface area (Å²) in [4.78, 5) is 26.4. The highest BCUT2D eigenvalue weighted by molar-refractivity contribution is 6.01. The van der Waals surface area contributed by atoms with Crippen LogP contribution in [0.1, 0.15) is 26.7 Å². The molecular formula is C19H28N2O5. The molecule has 0 aromatic heterocycles. The van der Waals surface area contributed by atoms with E-state index in [1.807, 2.05) is 13.8 Å². The zero-order valence-corrected chi connectivity index (χ0v) is 15.9. The molecule has 1 aromatic rings. The van der Waals surface area contributed by atoms with Crippen molar-refractivity contribution in [2.24, 2.45) is 5.92 Å². The number of anilines is 1. The van der Waals surface area contributed by atoms with E-state index in [-0.39, 0.29) is 30.3 Å². The number of nitrogens with one attached hydrogen (secondary N) is 1. The lowest BCUT2D eigenvalue weighted by Gasteiger charge is -2.20. The molecule has 1 heterocycles. The number of hydrogen-bond acceptors (Lipinski definition) is 5. The highest BCUT2D eigenvalue weighted by Gasteiger charge is 2.36. The first-order chi connectivity index (χ1) is 12.5. The molecule has 1 aromatic carbocycles. The lowest BCUT2D eigenvalue weighted by Crippen LogP contribution is -2.34. The molecule has 144 valence electrons. The van der Waals surface area contributed by atoms with Crippen molar-refractivity contribution in [2.45, 2.75) is 32.8 Å². The fourth-order valence-electron chi connectivity index (χ4n) is 2.87. The summed E-state index contributed by atoms with van der Waals surface area (Å²) in [5.41, 5.74) is 0.623. The third-order valence-electron chi connectivity index (χ3n) is 4.24. The van der Waals surface area contributed by atoms with Gasteiger partial charge in [0.1, 0.15) is 11.5 Å². The number of carbonyl (C=O) groups excluding carboxylic acids is 2. The maximum Gasteiger partial charge on any atom is 0.227 e. The number of rotatable bonds is 9. The van der Waals surface area contributed by atoms with Crippen molar-refractivity contribution in [1.29, 1.82) is 0 Å². The van der Waals surface area contributed by atoms with Crippen molar-refractivity contribution in [2.75, 3.05) is 38.8 Å². The van der Waals surface area contributed by atoms with Crippen molar-refractivity contribution in [3.63, 3.8) is 0 Å². The molecule has 1 N–H and O–H groups in total.